The summed E-state index contributed by atoms with van der Waals surface area (Å²) in [6.07, 6.45) is 14.3. The number of hydrogen-bond acceptors (Lipinski definition) is 8. The lowest BCUT2D eigenvalue weighted by atomic mass is 9.88. The van der Waals surface area contributed by atoms with E-state index in [2.05, 4.69) is 0 Å². The Balaban J connectivity index is 1.15. The van der Waals surface area contributed by atoms with Gasteiger partial charge in [0, 0.05) is 69.4 Å². The van der Waals surface area contributed by atoms with E-state index in [4.69, 9.17) is 20.0 Å². The summed E-state index contributed by atoms with van der Waals surface area (Å²) >= 11 is 0. The lowest BCUT2D eigenvalue weighted by Crippen LogP contribution is -2.27. The van der Waals surface area contributed by atoms with Crippen LogP contribution in [0.25, 0.3) is 65.3 Å². The van der Waals surface area contributed by atoms with Gasteiger partial charge in [0.2, 0.25) is 0 Å². The smallest absolute Gasteiger partial charge is 0.132 e. The van der Waals surface area contributed by atoms with E-state index in [9.17, 15) is 20.4 Å². The van der Waals surface area contributed by atoms with Gasteiger partial charge >= 0.3 is 0 Å². The normalized spacial score (nSPS) is 20.0. The molecule has 0 saturated heterocycles. The maximum atomic E-state index is 12.4. The summed E-state index contributed by atoms with van der Waals surface area (Å²) in [5.41, 5.74) is 4.34. The predicted molar refractivity (Wildman–Crippen MR) is 263 cm³/mol. The third-order valence-electron chi connectivity index (χ3n) is 13.7. The lowest BCUT2D eigenvalue weighted by molar-refractivity contribution is 0.390. The molecule has 8 heteroatoms. The molecule has 8 nitrogen and oxygen atoms in total. The maximum absolute atomic E-state index is 12.4. The summed E-state index contributed by atoms with van der Waals surface area (Å²) in [7, 11) is 0. The average Bonchev–Trinajstić information content (AvgIpc) is 3.32. The van der Waals surface area contributed by atoms with Crippen molar-refractivity contribution in [2.45, 2.75) is 75.5 Å². The fourth-order valence-electron chi connectivity index (χ4n) is 10.4. The predicted octanol–water partition coefficient (Wildman–Crippen LogP) is 12.5. The average molecular weight is 841 g/mol. The van der Waals surface area contributed by atoms with Crippen LogP contribution in [0.5, 0.6) is 23.0 Å². The Morgan fingerprint density at radius 1 is 0.312 bits per heavy atom. The first-order valence-electron chi connectivity index (χ1n) is 22.5. The molecule has 8 aromatic rings. The molecule has 2 saturated carbocycles. The summed E-state index contributed by atoms with van der Waals surface area (Å²) in [6, 6.07) is 38.9. The van der Waals surface area contributed by atoms with Gasteiger partial charge in [-0.1, -0.05) is 123 Å². The second-order valence-corrected chi connectivity index (χ2v) is 17.6. The summed E-state index contributed by atoms with van der Waals surface area (Å²) in [5, 5.41) is 56.4. The molecule has 316 valence electrons. The molecule has 1 aliphatic heterocycles. The summed E-state index contributed by atoms with van der Waals surface area (Å²) < 4.78 is 0. The van der Waals surface area contributed by atoms with Crippen molar-refractivity contribution in [3.63, 3.8) is 0 Å². The van der Waals surface area contributed by atoms with Crippen molar-refractivity contribution in [2.24, 2.45) is 20.0 Å². The van der Waals surface area contributed by atoms with Gasteiger partial charge < -0.3 is 20.4 Å². The molecule has 1 heterocycles. The molecule has 8 bridgehead atoms. The SMILES string of the molecule is Oc1c2cc3ccccc3c1-c1c(O)c(cc3ccccc13)C=N[C@@H]1CCCC[C@H]1N=Cc1cc3ccccc3c(c1O)-c1c(O)c(cc3ccccc13)C=N[C@@H]1CCCC[C@H]1N=C2. The number of fused-ring (bicyclic) bond motifs is 20. The summed E-state index contributed by atoms with van der Waals surface area (Å²) in [5.74, 6) is 0.154. The highest BCUT2D eigenvalue weighted by Crippen LogP contribution is 2.49. The monoisotopic (exact) mass is 840 g/mol. The Labute approximate surface area is 371 Å². The Hall–Kier alpha value is -7.32. The number of benzene rings is 8. The van der Waals surface area contributed by atoms with E-state index in [-0.39, 0.29) is 47.2 Å². The van der Waals surface area contributed by atoms with E-state index >= 15 is 0 Å². The number of phenolic OH excluding ortho intramolecular Hbond substituents is 4. The molecular weight excluding hydrogens is 793 g/mol. The first-order chi connectivity index (χ1) is 31.4. The van der Waals surface area contributed by atoms with Crippen LogP contribution in [0, 0.1) is 0 Å². The van der Waals surface area contributed by atoms with Crippen molar-refractivity contribution in [2.75, 3.05) is 0 Å². The third-order valence-corrected chi connectivity index (χ3v) is 13.7. The van der Waals surface area contributed by atoms with Gasteiger partial charge in [-0.2, -0.15) is 0 Å². The number of hydrogen-bond donors (Lipinski definition) is 4. The minimum absolute atomic E-state index is 0.0385. The van der Waals surface area contributed by atoms with Crippen molar-refractivity contribution in [3.8, 4) is 45.3 Å². The van der Waals surface area contributed by atoms with Gasteiger partial charge in [-0.15, -0.1) is 0 Å². The lowest BCUT2D eigenvalue weighted by Gasteiger charge is -2.26. The molecule has 0 aromatic heterocycles. The minimum Gasteiger partial charge on any atom is -0.507 e. The molecule has 11 rings (SSSR count). The first kappa shape index (κ1) is 39.5. The van der Waals surface area contributed by atoms with Crippen molar-refractivity contribution >= 4 is 67.9 Å². The number of nitrogens with zero attached hydrogens (tertiary/aromatic N) is 4. The number of rotatable bonds is 0. The van der Waals surface area contributed by atoms with Gasteiger partial charge in [0.1, 0.15) is 23.0 Å². The molecule has 4 atom stereocenters. The zero-order valence-electron chi connectivity index (χ0n) is 35.4. The standard InChI is InChI=1S/C56H48N4O4/c61-53-37-25-33-13-1-5-17-41(33)49(53)50-42-18-6-2-14-34(42)26-38(54(50)62)30-58-47-23-11-12-24-48(47)60-32-40-28-36-16-4-8-20-44(36)52(56(40)64)51-43-19-7-3-15-35(43)27-39(55(51)63)31-59-46-22-10-9-21-45(46)57-29-37/h1-8,13-20,25-32,45-48,61-64H,9-12,21-24H2/t45-,46-,47-,48-/m1/s1. The Kier molecular flexibility index (Phi) is 10.1. The quantitative estimate of drug-likeness (QED) is 0.121. The summed E-state index contributed by atoms with van der Waals surface area (Å²) in [6.45, 7) is 0. The second-order valence-electron chi connectivity index (χ2n) is 17.6. The van der Waals surface area contributed by atoms with E-state index in [1.165, 1.54) is 0 Å². The van der Waals surface area contributed by atoms with Crippen LogP contribution in [0.15, 0.2) is 141 Å². The molecule has 0 radical (unpaired) electrons. The highest BCUT2D eigenvalue weighted by atomic mass is 16.3. The van der Waals surface area contributed by atoms with Crippen LogP contribution in [-0.2, 0) is 0 Å². The largest absolute Gasteiger partial charge is 0.507 e. The van der Waals surface area contributed by atoms with Crippen LogP contribution in [-0.4, -0.2) is 69.5 Å². The van der Waals surface area contributed by atoms with E-state index in [1.807, 2.05) is 121 Å². The Bertz CT molecular complexity index is 2840. The molecule has 0 unspecified atom stereocenters. The summed E-state index contributed by atoms with van der Waals surface area (Å²) in [4.78, 5) is 20.6. The third kappa shape index (κ3) is 6.94. The van der Waals surface area contributed by atoms with Gasteiger partial charge in [-0.05, 0) is 93.0 Å². The fourth-order valence-corrected chi connectivity index (χ4v) is 10.4. The number of phenols is 4. The fraction of sp³-hybridized carbons (Fsp3) is 0.214. The van der Waals surface area contributed by atoms with Gasteiger partial charge in [0.25, 0.3) is 0 Å². The van der Waals surface area contributed by atoms with E-state index in [1.54, 1.807) is 24.9 Å². The molecule has 0 amide bonds. The van der Waals surface area contributed by atoms with Gasteiger partial charge in [-0.25, -0.2) is 0 Å². The van der Waals surface area contributed by atoms with Crippen LogP contribution in [0.4, 0.5) is 0 Å². The zero-order chi connectivity index (χ0) is 43.3. The molecule has 0 spiro atoms. The van der Waals surface area contributed by atoms with Gasteiger partial charge in [0.05, 0.1) is 24.2 Å². The van der Waals surface area contributed by atoms with E-state index in [0.29, 0.717) is 44.5 Å². The highest BCUT2D eigenvalue weighted by Gasteiger charge is 2.28. The number of aromatic hydroxyl groups is 4. The van der Waals surface area contributed by atoms with Crippen LogP contribution >= 0.6 is 0 Å². The van der Waals surface area contributed by atoms with E-state index < -0.39 is 0 Å². The maximum Gasteiger partial charge on any atom is 0.132 e. The highest BCUT2D eigenvalue weighted by molar-refractivity contribution is 6.16. The molecular formula is C56H48N4O4. The molecule has 4 N–H and O–H groups in total. The first-order valence-corrected chi connectivity index (χ1v) is 22.5. The van der Waals surface area contributed by atoms with E-state index in [0.717, 1.165) is 94.5 Å². The second kappa shape index (κ2) is 16.4. The van der Waals surface area contributed by atoms with Gasteiger partial charge in [-0.3, -0.25) is 20.0 Å². The van der Waals surface area contributed by atoms with Crippen molar-refractivity contribution in [1.82, 2.24) is 0 Å². The number of aliphatic imine (C=N–C) groups is 4. The minimum atomic E-state index is -0.173. The Morgan fingerprint density at radius 3 is 0.766 bits per heavy atom. The van der Waals surface area contributed by atoms with Crippen LogP contribution in [0.2, 0.25) is 0 Å². The zero-order valence-corrected chi connectivity index (χ0v) is 35.4. The van der Waals surface area contributed by atoms with Crippen LogP contribution in [0.1, 0.15) is 73.6 Å². The van der Waals surface area contributed by atoms with Crippen LogP contribution < -0.4 is 0 Å². The molecule has 3 aliphatic rings. The van der Waals surface area contributed by atoms with Gasteiger partial charge in [0.15, 0.2) is 0 Å². The molecule has 64 heavy (non-hydrogen) atoms. The molecule has 8 aromatic carbocycles. The van der Waals surface area contributed by atoms with Crippen molar-refractivity contribution in [1.29, 1.82) is 0 Å². The molecule has 2 aliphatic carbocycles. The van der Waals surface area contributed by atoms with Crippen molar-refractivity contribution in [3.05, 3.63) is 144 Å². The van der Waals surface area contributed by atoms with Crippen molar-refractivity contribution < 1.29 is 20.4 Å². The van der Waals surface area contributed by atoms with Crippen LogP contribution in [0.3, 0.4) is 0 Å². The Morgan fingerprint density at radius 2 is 0.531 bits per heavy atom. The molecule has 2 fully saturated rings. The topological polar surface area (TPSA) is 130 Å².